The zero-order valence-corrected chi connectivity index (χ0v) is 11.4. The summed E-state index contributed by atoms with van der Waals surface area (Å²) in [6.45, 7) is 6.16. The maximum Gasteiger partial charge on any atom is 0.250 e. The van der Waals surface area contributed by atoms with Crippen LogP contribution in [0.2, 0.25) is 5.02 Å². The van der Waals surface area contributed by atoms with Gasteiger partial charge in [0.15, 0.2) is 0 Å². The van der Waals surface area contributed by atoms with Crippen LogP contribution in [0.4, 0.5) is 5.69 Å². The van der Waals surface area contributed by atoms with Gasteiger partial charge in [-0.25, -0.2) is 0 Å². The highest BCUT2D eigenvalue weighted by Crippen LogP contribution is 2.25. The van der Waals surface area contributed by atoms with E-state index < -0.39 is 5.91 Å². The first-order chi connectivity index (χ1) is 8.47. The molecular weight excluding hydrogens is 250 g/mol. The summed E-state index contributed by atoms with van der Waals surface area (Å²) < 4.78 is 0. The number of nitrogens with one attached hydrogen (secondary N) is 1. The van der Waals surface area contributed by atoms with Crippen LogP contribution in [0.15, 0.2) is 18.2 Å². The van der Waals surface area contributed by atoms with Crippen molar-refractivity contribution in [3.8, 4) is 0 Å². The summed E-state index contributed by atoms with van der Waals surface area (Å²) in [6.07, 6.45) is 0. The van der Waals surface area contributed by atoms with Crippen LogP contribution in [0.3, 0.4) is 0 Å². The van der Waals surface area contributed by atoms with E-state index in [1.54, 1.807) is 6.07 Å². The minimum Gasteiger partial charge on any atom is -0.368 e. The van der Waals surface area contributed by atoms with Crippen LogP contribution in [-0.4, -0.2) is 31.1 Å². The number of carbonyl (C=O) groups excluding carboxylic acids is 1. The molecular formula is C13H18ClN3O. The lowest BCUT2D eigenvalue weighted by atomic mass is 10.1. The second-order valence-electron chi connectivity index (χ2n) is 4.90. The van der Waals surface area contributed by atoms with Crippen LogP contribution in [0.1, 0.15) is 24.2 Å². The third-order valence-corrected chi connectivity index (χ3v) is 3.45. The number of anilines is 1. The molecule has 1 amide bonds. The Morgan fingerprint density at radius 2 is 2.00 bits per heavy atom. The molecule has 0 spiro atoms. The van der Waals surface area contributed by atoms with E-state index in [0.29, 0.717) is 22.7 Å². The summed E-state index contributed by atoms with van der Waals surface area (Å²) in [5, 5.41) is 3.89. The number of nitrogens with zero attached hydrogens (tertiary/aromatic N) is 1. The summed E-state index contributed by atoms with van der Waals surface area (Å²) in [5.74, 6) is -0.492. The van der Waals surface area contributed by atoms with Crippen molar-refractivity contribution in [2.24, 2.45) is 5.73 Å². The van der Waals surface area contributed by atoms with Crippen molar-refractivity contribution in [3.05, 3.63) is 28.8 Å². The SMILES string of the molecule is CC1CN(c2ccc(C(N)=O)c(Cl)c2)CC(C)N1. The van der Waals surface area contributed by atoms with Gasteiger partial charge in [0, 0.05) is 30.9 Å². The van der Waals surface area contributed by atoms with E-state index in [9.17, 15) is 4.79 Å². The molecule has 1 fully saturated rings. The molecule has 4 nitrogen and oxygen atoms in total. The highest BCUT2D eigenvalue weighted by Gasteiger charge is 2.21. The molecule has 1 heterocycles. The molecule has 0 radical (unpaired) electrons. The van der Waals surface area contributed by atoms with Crippen molar-refractivity contribution >= 4 is 23.2 Å². The molecule has 0 bridgehead atoms. The smallest absolute Gasteiger partial charge is 0.250 e. The first kappa shape index (κ1) is 13.2. The highest BCUT2D eigenvalue weighted by molar-refractivity contribution is 6.34. The molecule has 2 atom stereocenters. The molecule has 1 aromatic rings. The van der Waals surface area contributed by atoms with Gasteiger partial charge < -0.3 is 16.0 Å². The lowest BCUT2D eigenvalue weighted by Gasteiger charge is -2.37. The highest BCUT2D eigenvalue weighted by atomic mass is 35.5. The van der Waals surface area contributed by atoms with Crippen LogP contribution in [0.5, 0.6) is 0 Å². The molecule has 1 aliphatic heterocycles. The molecule has 5 heteroatoms. The standard InChI is InChI=1S/C13H18ClN3O/c1-8-6-17(7-9(2)16-8)10-3-4-11(13(15)18)12(14)5-10/h3-5,8-9,16H,6-7H2,1-2H3,(H2,15,18). The summed E-state index contributed by atoms with van der Waals surface area (Å²) in [4.78, 5) is 13.4. The Balaban J connectivity index is 2.23. The molecule has 1 aliphatic rings. The molecule has 0 saturated carbocycles. The fourth-order valence-electron chi connectivity index (χ4n) is 2.44. The van der Waals surface area contributed by atoms with Crippen LogP contribution in [0.25, 0.3) is 0 Å². The third-order valence-electron chi connectivity index (χ3n) is 3.14. The number of hydrogen-bond acceptors (Lipinski definition) is 3. The Labute approximate surface area is 112 Å². The van der Waals surface area contributed by atoms with E-state index in [1.165, 1.54) is 0 Å². The van der Waals surface area contributed by atoms with Crippen molar-refractivity contribution in [2.45, 2.75) is 25.9 Å². The second-order valence-corrected chi connectivity index (χ2v) is 5.31. The van der Waals surface area contributed by atoms with Gasteiger partial charge in [0.1, 0.15) is 0 Å². The largest absolute Gasteiger partial charge is 0.368 e. The maximum atomic E-state index is 11.1. The predicted molar refractivity (Wildman–Crippen MR) is 74.2 cm³/mol. The van der Waals surface area contributed by atoms with Crippen molar-refractivity contribution in [1.82, 2.24) is 5.32 Å². The number of nitrogens with two attached hydrogens (primary N) is 1. The normalized spacial score (nSPS) is 24.1. The lowest BCUT2D eigenvalue weighted by molar-refractivity contribution is 0.100. The molecule has 3 N–H and O–H groups in total. The van der Waals surface area contributed by atoms with Gasteiger partial charge in [0.05, 0.1) is 10.6 Å². The van der Waals surface area contributed by atoms with Gasteiger partial charge in [0.25, 0.3) is 0 Å². The summed E-state index contributed by atoms with van der Waals surface area (Å²) in [6, 6.07) is 6.27. The fourth-order valence-corrected chi connectivity index (χ4v) is 2.71. The Hall–Kier alpha value is -1.26. The molecule has 2 rings (SSSR count). The van der Waals surface area contributed by atoms with Crippen LogP contribution >= 0.6 is 11.6 Å². The maximum absolute atomic E-state index is 11.1. The Morgan fingerprint density at radius 3 is 2.50 bits per heavy atom. The Bertz CT molecular complexity index is 454. The minimum absolute atomic E-state index is 0.372. The van der Waals surface area contributed by atoms with E-state index in [4.69, 9.17) is 17.3 Å². The second kappa shape index (κ2) is 5.16. The monoisotopic (exact) mass is 267 g/mol. The molecule has 0 aliphatic carbocycles. The minimum atomic E-state index is -0.492. The van der Waals surface area contributed by atoms with Crippen LogP contribution < -0.4 is 16.0 Å². The number of piperazine rings is 1. The molecule has 98 valence electrons. The third kappa shape index (κ3) is 2.76. The van der Waals surface area contributed by atoms with Crippen LogP contribution in [0, 0.1) is 0 Å². The number of amides is 1. The van der Waals surface area contributed by atoms with Gasteiger partial charge >= 0.3 is 0 Å². The zero-order valence-electron chi connectivity index (χ0n) is 10.6. The number of primary amides is 1. The topological polar surface area (TPSA) is 58.4 Å². The van der Waals surface area contributed by atoms with E-state index in [1.807, 2.05) is 12.1 Å². The number of rotatable bonds is 2. The quantitative estimate of drug-likeness (QED) is 0.856. The zero-order chi connectivity index (χ0) is 13.3. The van der Waals surface area contributed by atoms with Crippen molar-refractivity contribution < 1.29 is 4.79 Å². The van der Waals surface area contributed by atoms with Crippen molar-refractivity contribution in [3.63, 3.8) is 0 Å². The average Bonchev–Trinajstić information content (AvgIpc) is 2.26. The molecule has 1 saturated heterocycles. The van der Waals surface area contributed by atoms with Gasteiger partial charge in [0.2, 0.25) is 5.91 Å². The fraction of sp³-hybridized carbons (Fsp3) is 0.462. The van der Waals surface area contributed by atoms with E-state index >= 15 is 0 Å². The Morgan fingerprint density at radius 1 is 1.39 bits per heavy atom. The van der Waals surface area contributed by atoms with Gasteiger partial charge in [-0.2, -0.15) is 0 Å². The summed E-state index contributed by atoms with van der Waals surface area (Å²) in [5.41, 5.74) is 6.64. The first-order valence-electron chi connectivity index (χ1n) is 6.07. The van der Waals surface area contributed by atoms with Crippen LogP contribution in [-0.2, 0) is 0 Å². The summed E-state index contributed by atoms with van der Waals surface area (Å²) in [7, 11) is 0. The number of carbonyl (C=O) groups is 1. The Kier molecular flexibility index (Phi) is 3.78. The van der Waals surface area contributed by atoms with Gasteiger partial charge in [-0.05, 0) is 32.0 Å². The average molecular weight is 268 g/mol. The van der Waals surface area contributed by atoms with Gasteiger partial charge in [-0.15, -0.1) is 0 Å². The predicted octanol–water partition coefficient (Wildman–Crippen LogP) is 1.63. The first-order valence-corrected chi connectivity index (χ1v) is 6.45. The van der Waals surface area contributed by atoms with E-state index in [-0.39, 0.29) is 0 Å². The van der Waals surface area contributed by atoms with Crippen molar-refractivity contribution in [2.75, 3.05) is 18.0 Å². The van der Waals surface area contributed by atoms with Gasteiger partial charge in [-0.1, -0.05) is 11.6 Å². The molecule has 18 heavy (non-hydrogen) atoms. The number of halogens is 1. The van der Waals surface area contributed by atoms with E-state index in [2.05, 4.69) is 24.1 Å². The molecule has 2 unspecified atom stereocenters. The lowest BCUT2D eigenvalue weighted by Crippen LogP contribution is -2.54. The van der Waals surface area contributed by atoms with Crippen molar-refractivity contribution in [1.29, 1.82) is 0 Å². The van der Waals surface area contributed by atoms with Gasteiger partial charge in [-0.3, -0.25) is 4.79 Å². The number of hydrogen-bond donors (Lipinski definition) is 2. The molecule has 0 aromatic heterocycles. The molecule has 1 aromatic carbocycles. The number of benzene rings is 1. The summed E-state index contributed by atoms with van der Waals surface area (Å²) >= 11 is 6.07. The van der Waals surface area contributed by atoms with E-state index in [0.717, 1.165) is 18.8 Å².